The molecule has 3 rings (SSSR count). The van der Waals surface area contributed by atoms with Crippen LogP contribution in [0.4, 0.5) is 0 Å². The zero-order valence-electron chi connectivity index (χ0n) is 17.5. The highest BCUT2D eigenvalue weighted by molar-refractivity contribution is 5.82. The van der Waals surface area contributed by atoms with Gasteiger partial charge >= 0.3 is 5.63 Å². The number of methoxy groups -OCH3 is 2. The van der Waals surface area contributed by atoms with Crippen molar-refractivity contribution >= 4 is 11.0 Å². The zero-order chi connectivity index (χ0) is 21.1. The van der Waals surface area contributed by atoms with Gasteiger partial charge in [-0.25, -0.2) is 4.79 Å². The van der Waals surface area contributed by atoms with Gasteiger partial charge in [-0.1, -0.05) is 6.92 Å². The average molecular weight is 397 g/mol. The van der Waals surface area contributed by atoms with Crippen molar-refractivity contribution in [2.45, 2.75) is 33.4 Å². The van der Waals surface area contributed by atoms with E-state index in [0.717, 1.165) is 27.6 Å². The fourth-order valence-corrected chi connectivity index (χ4v) is 3.55. The van der Waals surface area contributed by atoms with E-state index in [-0.39, 0.29) is 5.75 Å². The molecule has 0 bridgehead atoms. The molecule has 0 saturated carbocycles. The Morgan fingerprint density at radius 3 is 2.28 bits per heavy atom. The van der Waals surface area contributed by atoms with Gasteiger partial charge < -0.3 is 19.0 Å². The van der Waals surface area contributed by atoms with E-state index in [0.29, 0.717) is 36.6 Å². The monoisotopic (exact) mass is 397 g/mol. The molecule has 29 heavy (non-hydrogen) atoms. The van der Waals surface area contributed by atoms with Gasteiger partial charge in [-0.15, -0.1) is 0 Å². The Bertz CT molecular complexity index is 1090. The molecule has 0 unspecified atom stereocenters. The number of benzene rings is 2. The first kappa shape index (κ1) is 20.7. The predicted octanol–water partition coefficient (Wildman–Crippen LogP) is 4.02. The van der Waals surface area contributed by atoms with Crippen molar-refractivity contribution in [3.63, 3.8) is 0 Å². The first-order valence-corrected chi connectivity index (χ1v) is 9.54. The number of nitrogens with zero attached hydrogens (tertiary/aromatic N) is 1. The van der Waals surface area contributed by atoms with Crippen LogP contribution in [0.2, 0.25) is 0 Å². The van der Waals surface area contributed by atoms with Crippen LogP contribution in [0, 0.1) is 6.92 Å². The number of fused-ring (bicyclic) bond motifs is 1. The molecule has 0 aliphatic carbocycles. The Balaban J connectivity index is 1.92. The van der Waals surface area contributed by atoms with Crippen LogP contribution in [0.5, 0.6) is 17.2 Å². The molecule has 154 valence electrons. The first-order valence-electron chi connectivity index (χ1n) is 9.54. The van der Waals surface area contributed by atoms with Crippen LogP contribution in [-0.4, -0.2) is 31.3 Å². The molecule has 0 radical (unpaired) electrons. The predicted molar refractivity (Wildman–Crippen MR) is 113 cm³/mol. The largest absolute Gasteiger partial charge is 0.508 e. The van der Waals surface area contributed by atoms with Crippen LogP contribution < -0.4 is 15.1 Å². The van der Waals surface area contributed by atoms with Crippen molar-refractivity contribution in [2.75, 3.05) is 21.3 Å². The molecule has 0 saturated heterocycles. The minimum atomic E-state index is -0.424. The topological polar surface area (TPSA) is 72.1 Å². The van der Waals surface area contributed by atoms with Crippen molar-refractivity contribution in [1.29, 1.82) is 0 Å². The summed E-state index contributed by atoms with van der Waals surface area (Å²) in [5.74, 6) is 1.54. The fraction of sp³-hybridized carbons (Fsp3) is 0.348. The molecule has 0 aliphatic rings. The number of phenolic OH excluding ortho intramolecular Hbond substituents is 1. The second kappa shape index (κ2) is 8.57. The number of aromatic hydroxyl groups is 1. The van der Waals surface area contributed by atoms with Gasteiger partial charge in [0, 0.05) is 30.6 Å². The van der Waals surface area contributed by atoms with Gasteiger partial charge in [0.25, 0.3) is 0 Å². The average Bonchev–Trinajstić information content (AvgIpc) is 2.68. The molecular weight excluding hydrogens is 370 g/mol. The molecule has 6 nitrogen and oxygen atoms in total. The molecule has 0 atom stereocenters. The van der Waals surface area contributed by atoms with E-state index in [2.05, 4.69) is 4.90 Å². The van der Waals surface area contributed by atoms with Crippen LogP contribution >= 0.6 is 0 Å². The Morgan fingerprint density at radius 2 is 1.62 bits per heavy atom. The Morgan fingerprint density at radius 1 is 0.966 bits per heavy atom. The second-order valence-electron chi connectivity index (χ2n) is 7.23. The standard InChI is InChI=1S/C23H27NO5/c1-6-15-8-18-17(10-23(26)29-20(18)11-19(15)25)13-24(3)12-16-9-22(28-5)21(27-4)7-14(16)2/h7-11,25H,6,12-13H2,1-5H3. The summed E-state index contributed by atoms with van der Waals surface area (Å²) < 4.78 is 16.1. The lowest BCUT2D eigenvalue weighted by Crippen LogP contribution is -2.19. The Labute approximate surface area is 170 Å². The van der Waals surface area contributed by atoms with Gasteiger partial charge in [0.05, 0.1) is 14.2 Å². The van der Waals surface area contributed by atoms with Gasteiger partial charge in [0.2, 0.25) is 0 Å². The first-order chi connectivity index (χ1) is 13.9. The van der Waals surface area contributed by atoms with E-state index in [9.17, 15) is 9.90 Å². The summed E-state index contributed by atoms with van der Waals surface area (Å²) in [6.45, 7) is 5.25. The van der Waals surface area contributed by atoms with E-state index in [1.807, 2.05) is 39.1 Å². The molecule has 3 aromatic rings. The quantitative estimate of drug-likeness (QED) is 0.607. The third-order valence-corrected chi connectivity index (χ3v) is 5.13. The molecule has 0 spiro atoms. The van der Waals surface area contributed by atoms with Gasteiger partial charge in [0.15, 0.2) is 11.5 Å². The number of ether oxygens (including phenoxy) is 2. The molecule has 0 fully saturated rings. The highest BCUT2D eigenvalue weighted by atomic mass is 16.5. The van der Waals surface area contributed by atoms with Crippen LogP contribution in [0.25, 0.3) is 11.0 Å². The number of phenols is 1. The lowest BCUT2D eigenvalue weighted by atomic mass is 10.0. The zero-order valence-corrected chi connectivity index (χ0v) is 17.5. The molecule has 0 amide bonds. The number of rotatable bonds is 7. The van der Waals surface area contributed by atoms with E-state index in [1.54, 1.807) is 14.2 Å². The van der Waals surface area contributed by atoms with Crippen LogP contribution in [0.1, 0.15) is 29.2 Å². The Hall–Kier alpha value is -2.99. The molecule has 2 aromatic carbocycles. The minimum absolute atomic E-state index is 0.148. The summed E-state index contributed by atoms with van der Waals surface area (Å²) in [5.41, 5.74) is 3.89. The van der Waals surface area contributed by atoms with Crippen molar-refractivity contribution in [3.05, 3.63) is 63.0 Å². The normalized spacial score (nSPS) is 11.2. The molecule has 6 heteroatoms. The van der Waals surface area contributed by atoms with Crippen LogP contribution in [-0.2, 0) is 19.5 Å². The second-order valence-corrected chi connectivity index (χ2v) is 7.23. The van der Waals surface area contributed by atoms with Crippen molar-refractivity contribution in [3.8, 4) is 17.2 Å². The summed E-state index contributed by atoms with van der Waals surface area (Å²) in [6.07, 6.45) is 0.695. The van der Waals surface area contributed by atoms with Crippen LogP contribution in [0.3, 0.4) is 0 Å². The molecule has 1 aromatic heterocycles. The third kappa shape index (κ3) is 4.38. The summed E-state index contributed by atoms with van der Waals surface area (Å²) in [6, 6.07) is 8.90. The lowest BCUT2D eigenvalue weighted by Gasteiger charge is -2.20. The smallest absolute Gasteiger partial charge is 0.336 e. The van der Waals surface area contributed by atoms with Crippen molar-refractivity contribution in [2.24, 2.45) is 0 Å². The van der Waals surface area contributed by atoms with E-state index < -0.39 is 5.63 Å². The summed E-state index contributed by atoms with van der Waals surface area (Å²) >= 11 is 0. The molecular formula is C23H27NO5. The van der Waals surface area contributed by atoms with Crippen LogP contribution in [0.15, 0.2) is 39.5 Å². The molecule has 1 heterocycles. The third-order valence-electron chi connectivity index (χ3n) is 5.13. The van der Waals surface area contributed by atoms with Crippen molar-refractivity contribution in [1.82, 2.24) is 4.90 Å². The van der Waals surface area contributed by atoms with E-state index in [4.69, 9.17) is 13.9 Å². The number of hydrogen-bond donors (Lipinski definition) is 1. The van der Waals surface area contributed by atoms with E-state index >= 15 is 0 Å². The maximum Gasteiger partial charge on any atom is 0.336 e. The van der Waals surface area contributed by atoms with E-state index in [1.165, 1.54) is 12.1 Å². The minimum Gasteiger partial charge on any atom is -0.508 e. The highest BCUT2D eigenvalue weighted by Crippen LogP contribution is 2.31. The molecule has 1 N–H and O–H groups in total. The van der Waals surface area contributed by atoms with Gasteiger partial charge in [-0.2, -0.15) is 0 Å². The van der Waals surface area contributed by atoms with Crippen molar-refractivity contribution < 1.29 is 19.0 Å². The molecule has 0 aliphatic heterocycles. The highest BCUT2D eigenvalue weighted by Gasteiger charge is 2.14. The number of aryl methyl sites for hydroxylation is 2. The summed E-state index contributed by atoms with van der Waals surface area (Å²) in [5, 5.41) is 10.9. The lowest BCUT2D eigenvalue weighted by molar-refractivity contribution is 0.316. The van der Waals surface area contributed by atoms with Gasteiger partial charge in [-0.3, -0.25) is 4.90 Å². The summed E-state index contributed by atoms with van der Waals surface area (Å²) in [4.78, 5) is 14.1. The van der Waals surface area contributed by atoms with Gasteiger partial charge in [-0.05, 0) is 60.8 Å². The Kier molecular flexibility index (Phi) is 6.13. The summed E-state index contributed by atoms with van der Waals surface area (Å²) in [7, 11) is 5.24. The number of hydrogen-bond acceptors (Lipinski definition) is 6. The maximum absolute atomic E-state index is 12.0. The fourth-order valence-electron chi connectivity index (χ4n) is 3.55. The maximum atomic E-state index is 12.0. The SMILES string of the molecule is CCc1cc2c(CN(C)Cc3cc(OC)c(OC)cc3C)cc(=O)oc2cc1O. The van der Waals surface area contributed by atoms with Gasteiger partial charge in [0.1, 0.15) is 11.3 Å².